The van der Waals surface area contributed by atoms with E-state index in [0.717, 1.165) is 27.7 Å². The van der Waals surface area contributed by atoms with Crippen molar-refractivity contribution in [1.29, 1.82) is 0 Å². The van der Waals surface area contributed by atoms with E-state index in [9.17, 15) is 24.0 Å². The number of aliphatic carboxylic acids is 1. The highest BCUT2D eigenvalue weighted by Crippen LogP contribution is 2.30. The van der Waals surface area contributed by atoms with Gasteiger partial charge in [0.25, 0.3) is 0 Å². The summed E-state index contributed by atoms with van der Waals surface area (Å²) in [6.07, 6.45) is -3.40. The van der Waals surface area contributed by atoms with Crippen molar-refractivity contribution in [3.05, 3.63) is 12.2 Å². The van der Waals surface area contributed by atoms with E-state index in [4.69, 9.17) is 39.3 Å². The van der Waals surface area contributed by atoms with Gasteiger partial charge in [-0.15, -0.1) is 0 Å². The first-order valence-corrected chi connectivity index (χ1v) is 9.97. The van der Waals surface area contributed by atoms with Crippen LogP contribution >= 0.6 is 0 Å². The van der Waals surface area contributed by atoms with Crippen LogP contribution in [0.5, 0.6) is 0 Å². The van der Waals surface area contributed by atoms with E-state index in [2.05, 4.69) is 0 Å². The van der Waals surface area contributed by atoms with Crippen molar-refractivity contribution in [2.45, 2.75) is 70.9 Å². The summed E-state index contributed by atoms with van der Waals surface area (Å²) in [6.45, 7) is 4.00. The largest absolute Gasteiger partial charge is 0.480 e. The van der Waals surface area contributed by atoms with Crippen LogP contribution in [0, 0.1) is 0 Å². The van der Waals surface area contributed by atoms with E-state index in [1.807, 2.05) is 0 Å². The molecule has 0 spiro atoms. The molecular weight excluding hydrogens is 446 g/mol. The molecule has 1 heterocycles. The molecule has 33 heavy (non-hydrogen) atoms. The zero-order valence-electron chi connectivity index (χ0n) is 18.8. The minimum atomic E-state index is -1.33. The summed E-state index contributed by atoms with van der Waals surface area (Å²) in [5.74, 6) is -4.06. The van der Waals surface area contributed by atoms with Gasteiger partial charge in [-0.05, 0) is 6.42 Å². The Morgan fingerprint density at radius 2 is 1.42 bits per heavy atom. The van der Waals surface area contributed by atoms with Crippen LogP contribution in [0.15, 0.2) is 12.2 Å². The SMILES string of the molecule is CC(=O)OCC1O[C@H](OCC=CC[C@H](N)C(=O)O)C(OC(C)=O)C(OC(C)=O)[C@H]1OC(C)=O. The van der Waals surface area contributed by atoms with Crippen LogP contribution in [-0.4, -0.2) is 84.9 Å². The highest BCUT2D eigenvalue weighted by molar-refractivity contribution is 5.73. The molecule has 1 aliphatic rings. The molecule has 186 valence electrons. The van der Waals surface area contributed by atoms with Gasteiger partial charge in [0, 0.05) is 27.7 Å². The molecule has 0 aliphatic carbocycles. The van der Waals surface area contributed by atoms with Crippen LogP contribution in [-0.2, 0) is 52.4 Å². The Balaban J connectivity index is 3.13. The van der Waals surface area contributed by atoms with E-state index in [0.29, 0.717) is 0 Å². The third-order valence-corrected chi connectivity index (χ3v) is 4.18. The monoisotopic (exact) mass is 475 g/mol. The maximum absolute atomic E-state index is 11.7. The molecule has 0 amide bonds. The van der Waals surface area contributed by atoms with Crippen molar-refractivity contribution >= 4 is 29.8 Å². The number of hydrogen-bond acceptors (Lipinski definition) is 12. The second-order valence-electron chi connectivity index (χ2n) is 7.05. The summed E-state index contributed by atoms with van der Waals surface area (Å²) in [5, 5.41) is 8.80. The molecular formula is C20H29NO12. The predicted molar refractivity (Wildman–Crippen MR) is 107 cm³/mol. The van der Waals surface area contributed by atoms with Crippen LogP contribution in [0.4, 0.5) is 0 Å². The average Bonchev–Trinajstić information content (AvgIpc) is 2.68. The lowest BCUT2D eigenvalue weighted by atomic mass is 9.98. The van der Waals surface area contributed by atoms with Crippen molar-refractivity contribution < 1.29 is 57.5 Å². The van der Waals surface area contributed by atoms with Crippen molar-refractivity contribution in [3.63, 3.8) is 0 Å². The Kier molecular flexibility index (Phi) is 11.5. The quantitative estimate of drug-likeness (QED) is 0.220. The maximum atomic E-state index is 11.7. The first kappa shape index (κ1) is 28.0. The average molecular weight is 475 g/mol. The number of esters is 4. The molecule has 0 bridgehead atoms. The number of carboxylic acid groups (broad SMARTS) is 1. The molecule has 1 aliphatic heterocycles. The molecule has 0 aromatic carbocycles. The minimum Gasteiger partial charge on any atom is -0.480 e. The fourth-order valence-electron chi connectivity index (χ4n) is 2.88. The first-order chi connectivity index (χ1) is 15.4. The Labute approximate surface area is 190 Å². The standard InChI is InChI=1S/C20H29NO12/c1-10(22)29-9-15-16(30-11(2)23)17(31-12(3)24)18(32-13(4)25)20(33-15)28-8-6-5-7-14(21)19(26)27/h5-6,14-18,20H,7-9,21H2,1-4H3,(H,26,27)/t14-,15?,16-,17?,18?,20-/m0/s1. The van der Waals surface area contributed by atoms with Gasteiger partial charge >= 0.3 is 29.8 Å². The highest BCUT2D eigenvalue weighted by Gasteiger charge is 2.52. The van der Waals surface area contributed by atoms with Gasteiger partial charge in [-0.2, -0.15) is 0 Å². The molecule has 1 fully saturated rings. The van der Waals surface area contributed by atoms with Gasteiger partial charge in [-0.1, -0.05) is 12.2 Å². The normalized spacial score (nSPS) is 25.7. The van der Waals surface area contributed by atoms with Gasteiger partial charge in [0.1, 0.15) is 18.8 Å². The molecule has 0 radical (unpaired) electrons. The molecule has 3 N–H and O–H groups in total. The predicted octanol–water partition coefficient (Wildman–Crippen LogP) is -0.556. The Morgan fingerprint density at radius 1 is 0.879 bits per heavy atom. The van der Waals surface area contributed by atoms with E-state index >= 15 is 0 Å². The number of carboxylic acids is 1. The van der Waals surface area contributed by atoms with Gasteiger partial charge in [-0.25, -0.2) is 0 Å². The van der Waals surface area contributed by atoms with Crippen LogP contribution in [0.1, 0.15) is 34.1 Å². The first-order valence-electron chi connectivity index (χ1n) is 9.97. The summed E-state index contributed by atoms with van der Waals surface area (Å²) in [6, 6.07) is -1.09. The van der Waals surface area contributed by atoms with Gasteiger partial charge < -0.3 is 39.3 Å². The number of hydrogen-bond donors (Lipinski definition) is 2. The summed E-state index contributed by atoms with van der Waals surface area (Å²) in [5.41, 5.74) is 5.41. The maximum Gasteiger partial charge on any atom is 0.320 e. The van der Waals surface area contributed by atoms with E-state index < -0.39 is 66.6 Å². The molecule has 13 nitrogen and oxygen atoms in total. The highest BCUT2D eigenvalue weighted by atomic mass is 16.7. The summed E-state index contributed by atoms with van der Waals surface area (Å²) in [4.78, 5) is 57.1. The molecule has 0 aromatic rings. The van der Waals surface area contributed by atoms with Crippen LogP contribution < -0.4 is 5.73 Å². The van der Waals surface area contributed by atoms with Crippen molar-refractivity contribution in [1.82, 2.24) is 0 Å². The second-order valence-corrected chi connectivity index (χ2v) is 7.05. The van der Waals surface area contributed by atoms with Gasteiger partial charge in [0.15, 0.2) is 24.6 Å². The second kappa shape index (κ2) is 13.5. The Bertz CT molecular complexity index is 751. The zero-order chi connectivity index (χ0) is 25.1. The summed E-state index contributed by atoms with van der Waals surface area (Å²) < 4.78 is 32.1. The molecule has 0 saturated carbocycles. The Morgan fingerprint density at radius 3 is 1.94 bits per heavy atom. The van der Waals surface area contributed by atoms with Crippen molar-refractivity contribution in [2.24, 2.45) is 5.73 Å². The summed E-state index contributed by atoms with van der Waals surface area (Å²) in [7, 11) is 0. The van der Waals surface area contributed by atoms with Crippen LogP contribution in [0.25, 0.3) is 0 Å². The van der Waals surface area contributed by atoms with Crippen LogP contribution in [0.2, 0.25) is 0 Å². The smallest absolute Gasteiger partial charge is 0.320 e. The number of ether oxygens (including phenoxy) is 6. The van der Waals surface area contributed by atoms with Gasteiger partial charge in [-0.3, -0.25) is 24.0 Å². The van der Waals surface area contributed by atoms with Gasteiger partial charge in [0.2, 0.25) is 0 Å². The third kappa shape index (κ3) is 9.97. The molecule has 1 rings (SSSR count). The molecule has 0 aromatic heterocycles. The van der Waals surface area contributed by atoms with Crippen LogP contribution in [0.3, 0.4) is 0 Å². The van der Waals surface area contributed by atoms with E-state index in [1.54, 1.807) is 0 Å². The molecule has 1 saturated heterocycles. The van der Waals surface area contributed by atoms with Crippen molar-refractivity contribution in [2.75, 3.05) is 13.2 Å². The lowest BCUT2D eigenvalue weighted by Crippen LogP contribution is -2.62. The number of carbonyl (C=O) groups is 5. The zero-order valence-corrected chi connectivity index (χ0v) is 18.8. The fourth-order valence-corrected chi connectivity index (χ4v) is 2.88. The van der Waals surface area contributed by atoms with Crippen molar-refractivity contribution in [3.8, 4) is 0 Å². The topological polar surface area (TPSA) is 187 Å². The lowest BCUT2D eigenvalue weighted by molar-refractivity contribution is -0.305. The fraction of sp³-hybridized carbons (Fsp3) is 0.650. The van der Waals surface area contributed by atoms with E-state index in [1.165, 1.54) is 12.2 Å². The molecule has 13 heteroatoms. The minimum absolute atomic E-state index is 0.0390. The molecule has 6 atom stereocenters. The Hall–Kier alpha value is -3.03. The lowest BCUT2D eigenvalue weighted by Gasteiger charge is -2.43. The number of carbonyl (C=O) groups excluding carboxylic acids is 4. The number of nitrogens with two attached hydrogens (primary N) is 1. The summed E-state index contributed by atoms with van der Waals surface area (Å²) >= 11 is 0. The number of rotatable bonds is 11. The van der Waals surface area contributed by atoms with E-state index in [-0.39, 0.29) is 19.6 Å². The third-order valence-electron chi connectivity index (χ3n) is 4.18. The molecule has 3 unspecified atom stereocenters. The van der Waals surface area contributed by atoms with Gasteiger partial charge in [0.05, 0.1) is 6.61 Å².